The molecule has 0 radical (unpaired) electrons. The number of hydrogen-bond acceptors (Lipinski definition) is 6. The number of ketones is 1. The van der Waals surface area contributed by atoms with Crippen LogP contribution in [0, 0.1) is 0 Å². The highest BCUT2D eigenvalue weighted by Gasteiger charge is 2.47. The van der Waals surface area contributed by atoms with Gasteiger partial charge in [-0.05, 0) is 75.6 Å². The molecule has 0 aliphatic carbocycles. The number of carbonyl (C=O) groups excluding carboxylic acids is 2. The maximum Gasteiger partial charge on any atom is 0.295 e. The van der Waals surface area contributed by atoms with E-state index in [2.05, 4.69) is 0 Å². The Morgan fingerprint density at radius 2 is 1.91 bits per heavy atom. The summed E-state index contributed by atoms with van der Waals surface area (Å²) < 4.78 is 17.1. The van der Waals surface area contributed by atoms with Crippen LogP contribution in [0.1, 0.15) is 50.8 Å². The molecule has 0 spiro atoms. The van der Waals surface area contributed by atoms with Gasteiger partial charge in [-0.2, -0.15) is 0 Å². The van der Waals surface area contributed by atoms with Gasteiger partial charge in [-0.25, -0.2) is 0 Å². The average Bonchev–Trinajstić information content (AvgIpc) is 3.42. The van der Waals surface area contributed by atoms with Crippen LogP contribution in [0.5, 0.6) is 11.5 Å². The van der Waals surface area contributed by atoms with Gasteiger partial charge in [0.25, 0.3) is 11.7 Å². The first-order valence-corrected chi connectivity index (χ1v) is 11.8. The van der Waals surface area contributed by atoms with Gasteiger partial charge in [0.2, 0.25) is 0 Å². The molecule has 2 atom stereocenters. The minimum atomic E-state index is -0.740. The van der Waals surface area contributed by atoms with Gasteiger partial charge in [-0.15, -0.1) is 0 Å². The van der Waals surface area contributed by atoms with Crippen LogP contribution in [0.2, 0.25) is 0 Å². The third-order valence-electron chi connectivity index (χ3n) is 5.95. The number of rotatable bonds is 8. The van der Waals surface area contributed by atoms with Crippen molar-refractivity contribution < 1.29 is 28.9 Å². The molecule has 2 aliphatic rings. The monoisotopic (exact) mass is 465 g/mol. The fourth-order valence-electron chi connectivity index (χ4n) is 4.48. The van der Waals surface area contributed by atoms with E-state index in [1.54, 1.807) is 24.3 Å². The normalized spacial score (nSPS) is 21.9. The van der Waals surface area contributed by atoms with Gasteiger partial charge in [-0.3, -0.25) is 9.59 Å². The molecule has 180 valence electrons. The second-order valence-electron chi connectivity index (χ2n) is 8.78. The first-order chi connectivity index (χ1) is 16.4. The lowest BCUT2D eigenvalue weighted by atomic mass is 9.95. The Balaban J connectivity index is 1.77. The van der Waals surface area contributed by atoms with Crippen LogP contribution in [0.15, 0.2) is 54.1 Å². The Morgan fingerprint density at radius 3 is 2.56 bits per heavy atom. The Bertz CT molecular complexity index is 1070. The molecule has 0 aromatic heterocycles. The lowest BCUT2D eigenvalue weighted by molar-refractivity contribution is -0.140. The molecule has 0 saturated carbocycles. The number of amides is 1. The van der Waals surface area contributed by atoms with Crippen LogP contribution < -0.4 is 9.47 Å². The molecule has 2 aromatic rings. The van der Waals surface area contributed by atoms with Crippen molar-refractivity contribution >= 4 is 17.4 Å². The standard InChI is InChI=1S/C27H31NO6/c1-4-32-21-8-5-7-19(15-21)24-23(25(29)18-10-12-20(13-11-18)34-17(2)3)26(30)27(31)28(24)16-22-9-6-14-33-22/h5,7-8,10-13,15,17,22,24,29H,4,6,9,14,16H2,1-3H3/b25-23-. The van der Waals surface area contributed by atoms with Gasteiger partial charge < -0.3 is 24.2 Å². The van der Waals surface area contributed by atoms with Crippen molar-refractivity contribution in [1.29, 1.82) is 0 Å². The molecular formula is C27H31NO6. The topological polar surface area (TPSA) is 85.3 Å². The van der Waals surface area contributed by atoms with Crippen molar-refractivity contribution in [2.45, 2.75) is 51.9 Å². The summed E-state index contributed by atoms with van der Waals surface area (Å²) in [6.45, 7) is 7.17. The van der Waals surface area contributed by atoms with Crippen molar-refractivity contribution in [3.63, 3.8) is 0 Å². The summed E-state index contributed by atoms with van der Waals surface area (Å²) in [5, 5.41) is 11.2. The Morgan fingerprint density at radius 1 is 1.15 bits per heavy atom. The largest absolute Gasteiger partial charge is 0.507 e. The second-order valence-corrected chi connectivity index (χ2v) is 8.78. The number of ether oxygens (including phenoxy) is 3. The van der Waals surface area contributed by atoms with E-state index in [1.165, 1.54) is 4.90 Å². The van der Waals surface area contributed by atoms with E-state index < -0.39 is 17.7 Å². The van der Waals surface area contributed by atoms with Gasteiger partial charge in [0.1, 0.15) is 17.3 Å². The number of carbonyl (C=O) groups is 2. The van der Waals surface area contributed by atoms with E-state index in [-0.39, 0.29) is 30.1 Å². The molecule has 7 nitrogen and oxygen atoms in total. The zero-order valence-electron chi connectivity index (χ0n) is 19.8. The van der Waals surface area contributed by atoms with E-state index in [9.17, 15) is 14.7 Å². The number of hydrogen-bond donors (Lipinski definition) is 1. The van der Waals surface area contributed by atoms with Crippen LogP contribution in [-0.4, -0.2) is 53.7 Å². The summed E-state index contributed by atoms with van der Waals surface area (Å²) >= 11 is 0. The zero-order valence-corrected chi connectivity index (χ0v) is 19.8. The number of nitrogens with zero attached hydrogens (tertiary/aromatic N) is 1. The summed E-state index contributed by atoms with van der Waals surface area (Å²) in [4.78, 5) is 27.9. The first-order valence-electron chi connectivity index (χ1n) is 11.8. The van der Waals surface area contributed by atoms with E-state index in [1.807, 2.05) is 45.0 Å². The number of aliphatic hydroxyl groups is 1. The van der Waals surface area contributed by atoms with Crippen molar-refractivity contribution in [2.24, 2.45) is 0 Å². The highest BCUT2D eigenvalue weighted by Crippen LogP contribution is 2.41. The minimum absolute atomic E-state index is 0.0141. The summed E-state index contributed by atoms with van der Waals surface area (Å²) in [5.41, 5.74) is 1.20. The van der Waals surface area contributed by atoms with E-state index in [0.29, 0.717) is 35.8 Å². The molecule has 0 bridgehead atoms. The highest BCUT2D eigenvalue weighted by atomic mass is 16.5. The first kappa shape index (κ1) is 23.8. The summed E-state index contributed by atoms with van der Waals surface area (Å²) in [7, 11) is 0. The van der Waals surface area contributed by atoms with Crippen LogP contribution in [0.4, 0.5) is 0 Å². The number of Topliss-reactive ketones (excluding diaryl/α,β-unsaturated/α-hetero) is 1. The Labute approximate surface area is 199 Å². The van der Waals surface area contributed by atoms with Crippen molar-refractivity contribution in [1.82, 2.24) is 4.90 Å². The molecule has 2 unspecified atom stereocenters. The molecule has 7 heteroatoms. The quantitative estimate of drug-likeness (QED) is 0.352. The fraction of sp³-hybridized carbons (Fsp3) is 0.407. The molecule has 1 amide bonds. The third-order valence-corrected chi connectivity index (χ3v) is 5.95. The van der Waals surface area contributed by atoms with Gasteiger partial charge in [0, 0.05) is 18.7 Å². The van der Waals surface area contributed by atoms with Gasteiger partial charge in [0.15, 0.2) is 0 Å². The van der Waals surface area contributed by atoms with E-state index in [4.69, 9.17) is 14.2 Å². The molecular weight excluding hydrogens is 434 g/mol. The molecule has 1 N–H and O–H groups in total. The SMILES string of the molecule is CCOc1cccc(C2/C(=C(/O)c3ccc(OC(C)C)cc3)C(=O)C(=O)N2CC2CCCO2)c1. The van der Waals surface area contributed by atoms with Crippen molar-refractivity contribution in [3.8, 4) is 11.5 Å². The Hall–Kier alpha value is -3.32. The zero-order chi connectivity index (χ0) is 24.2. The predicted octanol–water partition coefficient (Wildman–Crippen LogP) is 4.47. The summed E-state index contributed by atoms with van der Waals surface area (Å²) in [6.07, 6.45) is 1.62. The van der Waals surface area contributed by atoms with Crippen LogP contribution in [-0.2, 0) is 14.3 Å². The van der Waals surface area contributed by atoms with E-state index >= 15 is 0 Å². The fourth-order valence-corrected chi connectivity index (χ4v) is 4.48. The summed E-state index contributed by atoms with van der Waals surface area (Å²) in [5.74, 6) is -0.256. The highest BCUT2D eigenvalue weighted by molar-refractivity contribution is 6.46. The number of aliphatic hydroxyl groups excluding tert-OH is 1. The molecule has 2 saturated heterocycles. The summed E-state index contributed by atoms with van der Waals surface area (Å²) in [6, 6.07) is 13.4. The second kappa shape index (κ2) is 10.3. The van der Waals surface area contributed by atoms with Crippen molar-refractivity contribution in [2.75, 3.05) is 19.8 Å². The average molecular weight is 466 g/mol. The molecule has 2 heterocycles. The van der Waals surface area contributed by atoms with E-state index in [0.717, 1.165) is 12.8 Å². The van der Waals surface area contributed by atoms with Crippen molar-refractivity contribution in [3.05, 3.63) is 65.2 Å². The molecule has 2 aliphatic heterocycles. The third kappa shape index (κ3) is 4.94. The minimum Gasteiger partial charge on any atom is -0.507 e. The van der Waals surface area contributed by atoms with Gasteiger partial charge in [-0.1, -0.05) is 12.1 Å². The lowest BCUT2D eigenvalue weighted by Gasteiger charge is -2.27. The molecule has 34 heavy (non-hydrogen) atoms. The van der Waals surface area contributed by atoms with Gasteiger partial charge in [0.05, 0.1) is 30.4 Å². The maximum atomic E-state index is 13.2. The predicted molar refractivity (Wildman–Crippen MR) is 128 cm³/mol. The Kier molecular flexibility index (Phi) is 7.22. The van der Waals surface area contributed by atoms with Crippen LogP contribution >= 0.6 is 0 Å². The molecule has 2 aromatic carbocycles. The molecule has 4 rings (SSSR count). The van der Waals surface area contributed by atoms with Crippen LogP contribution in [0.25, 0.3) is 5.76 Å². The number of likely N-dealkylation sites (tertiary alicyclic amines) is 1. The maximum absolute atomic E-state index is 13.2. The lowest BCUT2D eigenvalue weighted by Crippen LogP contribution is -2.36. The van der Waals surface area contributed by atoms with Crippen LogP contribution in [0.3, 0.4) is 0 Å². The number of benzene rings is 2. The smallest absolute Gasteiger partial charge is 0.295 e. The molecule has 2 fully saturated rings. The van der Waals surface area contributed by atoms with Gasteiger partial charge >= 0.3 is 0 Å².